The number of nitrogens with zero attached hydrogens (tertiary/aromatic N) is 2. The molecule has 0 radical (unpaired) electrons. The lowest BCUT2D eigenvalue weighted by Gasteiger charge is -2.38. The monoisotopic (exact) mass is 334 g/mol. The zero-order chi connectivity index (χ0) is 16.9. The van der Waals surface area contributed by atoms with Gasteiger partial charge in [-0.2, -0.15) is 0 Å². The van der Waals surface area contributed by atoms with Crippen molar-refractivity contribution in [3.63, 3.8) is 0 Å². The summed E-state index contributed by atoms with van der Waals surface area (Å²) < 4.78 is 18.9. The van der Waals surface area contributed by atoms with Gasteiger partial charge in [0.15, 0.2) is 0 Å². The van der Waals surface area contributed by atoms with Crippen LogP contribution in [0.25, 0.3) is 0 Å². The molecule has 2 fully saturated rings. The highest BCUT2D eigenvalue weighted by Gasteiger charge is 2.29. The second kappa shape index (κ2) is 8.08. The summed E-state index contributed by atoms with van der Waals surface area (Å²) in [6.45, 7) is 5.57. The van der Waals surface area contributed by atoms with Crippen molar-refractivity contribution in [2.45, 2.75) is 44.8 Å². The number of benzene rings is 1. The average molecular weight is 334 g/mol. The van der Waals surface area contributed by atoms with Gasteiger partial charge in [0.05, 0.1) is 19.3 Å². The first-order valence-corrected chi connectivity index (χ1v) is 9.06. The first-order chi connectivity index (χ1) is 11.7. The highest BCUT2D eigenvalue weighted by molar-refractivity contribution is 5.78. The molecule has 5 heteroatoms. The third-order valence-corrected chi connectivity index (χ3v) is 5.17. The van der Waals surface area contributed by atoms with Crippen LogP contribution < -0.4 is 0 Å². The smallest absolute Gasteiger partial charge is 0.236 e. The molecular formula is C19H27FN2O2. The summed E-state index contributed by atoms with van der Waals surface area (Å²) in [4.78, 5) is 17.0. The van der Waals surface area contributed by atoms with Crippen LogP contribution in [0, 0.1) is 5.82 Å². The normalized spacial score (nSPS) is 25.7. The Bertz CT molecular complexity index is 549. The van der Waals surface area contributed by atoms with Crippen molar-refractivity contribution in [1.82, 2.24) is 9.80 Å². The van der Waals surface area contributed by atoms with Gasteiger partial charge in [-0.25, -0.2) is 4.39 Å². The molecule has 24 heavy (non-hydrogen) atoms. The van der Waals surface area contributed by atoms with E-state index in [0.29, 0.717) is 25.7 Å². The molecule has 2 heterocycles. The van der Waals surface area contributed by atoms with Crippen molar-refractivity contribution in [2.24, 2.45) is 0 Å². The van der Waals surface area contributed by atoms with E-state index < -0.39 is 0 Å². The maximum Gasteiger partial charge on any atom is 0.236 e. The van der Waals surface area contributed by atoms with E-state index in [1.807, 2.05) is 0 Å². The Morgan fingerprint density at radius 2 is 2.04 bits per heavy atom. The molecule has 2 aliphatic rings. The van der Waals surface area contributed by atoms with E-state index in [4.69, 9.17) is 4.74 Å². The van der Waals surface area contributed by atoms with Crippen molar-refractivity contribution in [3.8, 4) is 0 Å². The van der Waals surface area contributed by atoms with Crippen LogP contribution in [0.1, 0.15) is 44.3 Å². The van der Waals surface area contributed by atoms with Crippen LogP contribution in [-0.4, -0.2) is 54.5 Å². The van der Waals surface area contributed by atoms with Gasteiger partial charge in [-0.15, -0.1) is 0 Å². The maximum atomic E-state index is 13.1. The number of halogens is 1. The summed E-state index contributed by atoms with van der Waals surface area (Å²) in [5, 5.41) is 0. The number of carbonyl (C=O) groups is 1. The first-order valence-electron chi connectivity index (χ1n) is 9.06. The van der Waals surface area contributed by atoms with E-state index in [-0.39, 0.29) is 17.8 Å². The van der Waals surface area contributed by atoms with E-state index in [1.54, 1.807) is 12.1 Å². The van der Waals surface area contributed by atoms with Crippen molar-refractivity contribution >= 4 is 5.91 Å². The molecule has 2 aliphatic heterocycles. The molecule has 0 spiro atoms. The molecule has 0 bridgehead atoms. The van der Waals surface area contributed by atoms with Gasteiger partial charge in [-0.1, -0.05) is 19.1 Å². The Hall–Kier alpha value is -1.46. The summed E-state index contributed by atoms with van der Waals surface area (Å²) in [6, 6.07) is 6.86. The molecule has 3 rings (SSSR count). The second-order valence-corrected chi connectivity index (χ2v) is 6.79. The van der Waals surface area contributed by atoms with E-state index in [2.05, 4.69) is 16.7 Å². The van der Waals surface area contributed by atoms with Gasteiger partial charge in [-0.05, 0) is 43.4 Å². The van der Waals surface area contributed by atoms with Crippen LogP contribution in [0.3, 0.4) is 0 Å². The lowest BCUT2D eigenvalue weighted by molar-refractivity contribution is -0.138. The molecular weight excluding hydrogens is 307 g/mol. The highest BCUT2D eigenvalue weighted by Crippen LogP contribution is 2.24. The van der Waals surface area contributed by atoms with Crippen LogP contribution in [-0.2, 0) is 9.53 Å². The maximum absolute atomic E-state index is 13.1. The largest absolute Gasteiger partial charge is 0.371 e. The molecule has 0 N–H and O–H groups in total. The molecule has 0 aliphatic carbocycles. The van der Waals surface area contributed by atoms with Gasteiger partial charge in [0, 0.05) is 25.7 Å². The SMILES string of the molecule is CC[C@@H]1CCCCN1C(=O)CN1CCO[C@@H](c2ccc(F)cc2)C1. The third kappa shape index (κ3) is 4.14. The van der Waals surface area contributed by atoms with Crippen molar-refractivity contribution in [3.05, 3.63) is 35.6 Å². The quantitative estimate of drug-likeness (QED) is 0.849. The first kappa shape index (κ1) is 17.4. The number of ether oxygens (including phenoxy) is 1. The van der Waals surface area contributed by atoms with E-state index in [0.717, 1.165) is 37.9 Å². The summed E-state index contributed by atoms with van der Waals surface area (Å²) >= 11 is 0. The Balaban J connectivity index is 1.58. The predicted octanol–water partition coefficient (Wildman–Crippen LogP) is 2.99. The van der Waals surface area contributed by atoms with Crippen LogP contribution in [0.2, 0.25) is 0 Å². The number of carbonyl (C=O) groups excluding carboxylic acids is 1. The number of likely N-dealkylation sites (tertiary alicyclic amines) is 1. The Kier molecular flexibility index (Phi) is 5.85. The molecule has 132 valence electrons. The van der Waals surface area contributed by atoms with Crippen molar-refractivity contribution in [2.75, 3.05) is 32.8 Å². The second-order valence-electron chi connectivity index (χ2n) is 6.79. The van der Waals surface area contributed by atoms with E-state index >= 15 is 0 Å². The average Bonchev–Trinajstić information content (AvgIpc) is 2.62. The Morgan fingerprint density at radius 1 is 1.25 bits per heavy atom. The van der Waals surface area contributed by atoms with Gasteiger partial charge in [0.2, 0.25) is 5.91 Å². The lowest BCUT2D eigenvalue weighted by atomic mass is 10.00. The molecule has 1 aromatic rings. The number of rotatable bonds is 4. The summed E-state index contributed by atoms with van der Waals surface area (Å²) in [6.07, 6.45) is 4.42. The van der Waals surface area contributed by atoms with Gasteiger partial charge in [0.1, 0.15) is 5.82 Å². The zero-order valence-corrected chi connectivity index (χ0v) is 14.4. The van der Waals surface area contributed by atoms with Crippen LogP contribution in [0.4, 0.5) is 4.39 Å². The number of piperidine rings is 1. The van der Waals surface area contributed by atoms with E-state index in [9.17, 15) is 9.18 Å². The molecule has 1 amide bonds. The predicted molar refractivity (Wildman–Crippen MR) is 91.2 cm³/mol. The lowest BCUT2D eigenvalue weighted by Crippen LogP contribution is -2.50. The van der Waals surface area contributed by atoms with Gasteiger partial charge < -0.3 is 9.64 Å². The Labute approximate surface area is 143 Å². The van der Waals surface area contributed by atoms with Gasteiger partial charge in [0.25, 0.3) is 0 Å². The molecule has 4 nitrogen and oxygen atoms in total. The molecule has 2 atom stereocenters. The van der Waals surface area contributed by atoms with Crippen LogP contribution in [0.5, 0.6) is 0 Å². The van der Waals surface area contributed by atoms with Gasteiger partial charge in [-0.3, -0.25) is 9.69 Å². The zero-order valence-electron chi connectivity index (χ0n) is 14.4. The number of hydrogen-bond donors (Lipinski definition) is 0. The summed E-state index contributed by atoms with van der Waals surface area (Å²) in [7, 11) is 0. The van der Waals surface area contributed by atoms with Crippen molar-refractivity contribution < 1.29 is 13.9 Å². The minimum Gasteiger partial charge on any atom is -0.371 e. The number of hydrogen-bond acceptors (Lipinski definition) is 3. The minimum absolute atomic E-state index is 0.0875. The molecule has 0 unspecified atom stereocenters. The fourth-order valence-electron chi connectivity index (χ4n) is 3.76. The molecule has 0 aromatic heterocycles. The number of amides is 1. The fourth-order valence-corrected chi connectivity index (χ4v) is 3.76. The minimum atomic E-state index is -0.239. The van der Waals surface area contributed by atoms with Crippen LogP contribution >= 0.6 is 0 Å². The van der Waals surface area contributed by atoms with E-state index in [1.165, 1.54) is 18.6 Å². The fraction of sp³-hybridized carbons (Fsp3) is 0.632. The summed E-state index contributed by atoms with van der Waals surface area (Å²) in [5.41, 5.74) is 0.970. The Morgan fingerprint density at radius 3 is 2.79 bits per heavy atom. The molecule has 2 saturated heterocycles. The van der Waals surface area contributed by atoms with Crippen LogP contribution in [0.15, 0.2) is 24.3 Å². The van der Waals surface area contributed by atoms with Gasteiger partial charge >= 0.3 is 0 Å². The summed E-state index contributed by atoms with van der Waals surface area (Å²) in [5.74, 6) is -0.00129. The number of morpholine rings is 1. The molecule has 1 aromatic carbocycles. The highest BCUT2D eigenvalue weighted by atomic mass is 19.1. The third-order valence-electron chi connectivity index (χ3n) is 5.17. The molecule has 0 saturated carbocycles. The van der Waals surface area contributed by atoms with Crippen molar-refractivity contribution in [1.29, 1.82) is 0 Å². The topological polar surface area (TPSA) is 32.8 Å². The standard InChI is InChI=1S/C19H27FN2O2/c1-2-17-5-3-4-10-22(17)19(23)14-21-11-12-24-18(13-21)15-6-8-16(20)9-7-15/h6-9,17-18H,2-5,10-14H2,1H3/t17-,18-/m1/s1.